The van der Waals surface area contributed by atoms with Crippen molar-refractivity contribution < 1.29 is 27.9 Å². The van der Waals surface area contributed by atoms with Crippen molar-refractivity contribution in [2.45, 2.75) is 43.4 Å². The Bertz CT molecular complexity index is 906. The van der Waals surface area contributed by atoms with Crippen LogP contribution in [-0.2, 0) is 23.2 Å². The molecule has 0 bridgehead atoms. The summed E-state index contributed by atoms with van der Waals surface area (Å²) in [6.45, 7) is 2.99. The third kappa shape index (κ3) is 5.84. The highest BCUT2D eigenvalue weighted by molar-refractivity contribution is 5.87. The largest absolute Gasteiger partial charge is 0.490 e. The van der Waals surface area contributed by atoms with E-state index in [2.05, 4.69) is 33.6 Å². The average Bonchev–Trinajstić information content (AvgIpc) is 3.27. The zero-order chi connectivity index (χ0) is 22.6. The Balaban J connectivity index is 0.000000339. The minimum absolute atomic E-state index is 0.0103. The lowest BCUT2D eigenvalue weighted by molar-refractivity contribution is -0.192. The van der Waals surface area contributed by atoms with Gasteiger partial charge in [-0.2, -0.15) is 18.3 Å². The number of aromatic nitrogens is 2. The molecule has 7 nitrogen and oxygen atoms in total. The van der Waals surface area contributed by atoms with E-state index in [1.54, 1.807) is 0 Å². The van der Waals surface area contributed by atoms with Crippen LogP contribution in [0.4, 0.5) is 13.2 Å². The Morgan fingerprint density at radius 2 is 1.87 bits per heavy atom. The molecule has 1 atom stereocenters. The maximum absolute atomic E-state index is 12.5. The minimum atomic E-state index is -5.08. The van der Waals surface area contributed by atoms with Crippen LogP contribution < -0.4 is 5.32 Å². The fraction of sp³-hybridized carbons (Fsp3) is 0.476. The van der Waals surface area contributed by atoms with Gasteiger partial charge in [0.05, 0.1) is 12.1 Å². The Morgan fingerprint density at radius 1 is 1.26 bits per heavy atom. The second-order valence-electron chi connectivity index (χ2n) is 8.04. The molecule has 2 aliphatic rings. The molecule has 4 rings (SSSR count). The second kappa shape index (κ2) is 9.09. The maximum atomic E-state index is 12.5. The van der Waals surface area contributed by atoms with Crippen molar-refractivity contribution in [3.8, 4) is 0 Å². The molecule has 0 radical (unpaired) electrons. The molecule has 2 fully saturated rings. The van der Waals surface area contributed by atoms with Gasteiger partial charge in [0.25, 0.3) is 0 Å². The van der Waals surface area contributed by atoms with E-state index in [0.717, 1.165) is 44.5 Å². The van der Waals surface area contributed by atoms with E-state index in [0.29, 0.717) is 0 Å². The van der Waals surface area contributed by atoms with Crippen molar-refractivity contribution in [2.24, 2.45) is 7.05 Å². The topological polar surface area (TPSA) is 87.5 Å². The number of piperidine rings is 1. The monoisotopic (exact) mass is 438 g/mol. The number of carboxylic acid groups (broad SMARTS) is 1. The van der Waals surface area contributed by atoms with Crippen molar-refractivity contribution in [3.05, 3.63) is 53.9 Å². The molecule has 1 amide bonds. The number of alkyl halides is 3. The number of hydrogen-bond acceptors (Lipinski definition) is 4. The predicted octanol–water partition coefficient (Wildman–Crippen LogP) is 2.69. The predicted molar refractivity (Wildman–Crippen MR) is 106 cm³/mol. The van der Waals surface area contributed by atoms with Crippen LogP contribution in [0.2, 0.25) is 0 Å². The Morgan fingerprint density at radius 3 is 2.39 bits per heavy atom. The quantitative estimate of drug-likeness (QED) is 0.770. The molecule has 1 aromatic carbocycles. The van der Waals surface area contributed by atoms with Gasteiger partial charge >= 0.3 is 12.1 Å². The average molecular weight is 438 g/mol. The van der Waals surface area contributed by atoms with Crippen LogP contribution in [0, 0.1) is 0 Å². The molecule has 1 unspecified atom stereocenters. The number of halogens is 3. The molecule has 1 spiro atoms. The van der Waals surface area contributed by atoms with E-state index >= 15 is 0 Å². The molecule has 0 saturated carbocycles. The van der Waals surface area contributed by atoms with Crippen molar-refractivity contribution in [1.29, 1.82) is 0 Å². The number of aryl methyl sites for hydroxylation is 1. The van der Waals surface area contributed by atoms with Crippen LogP contribution in [0.5, 0.6) is 0 Å². The number of hydrogen-bond donors (Lipinski definition) is 2. The molecule has 3 heterocycles. The summed E-state index contributed by atoms with van der Waals surface area (Å²) in [6.07, 6.45) is 1.92. The Labute approximate surface area is 177 Å². The number of amides is 1. The maximum Gasteiger partial charge on any atom is 0.490 e. The first-order chi connectivity index (χ1) is 14.6. The van der Waals surface area contributed by atoms with Crippen LogP contribution in [-0.4, -0.2) is 56.5 Å². The summed E-state index contributed by atoms with van der Waals surface area (Å²) in [5.41, 5.74) is 2.39. The van der Waals surface area contributed by atoms with Gasteiger partial charge < -0.3 is 10.4 Å². The molecule has 10 heteroatoms. The van der Waals surface area contributed by atoms with Gasteiger partial charge in [-0.15, -0.1) is 0 Å². The molecular weight excluding hydrogens is 413 g/mol. The fourth-order valence-electron chi connectivity index (χ4n) is 4.12. The number of rotatable bonds is 3. The van der Waals surface area contributed by atoms with Gasteiger partial charge in [0, 0.05) is 44.0 Å². The Kier molecular flexibility index (Phi) is 6.68. The van der Waals surface area contributed by atoms with Gasteiger partial charge in [0.2, 0.25) is 5.91 Å². The van der Waals surface area contributed by atoms with Crippen molar-refractivity contribution in [1.82, 2.24) is 20.0 Å². The van der Waals surface area contributed by atoms with Gasteiger partial charge in [0.1, 0.15) is 0 Å². The number of likely N-dealkylation sites (tertiary alicyclic amines) is 1. The molecule has 31 heavy (non-hydrogen) atoms. The summed E-state index contributed by atoms with van der Waals surface area (Å²) in [6, 6.07) is 10.2. The molecule has 0 aliphatic carbocycles. The highest BCUT2D eigenvalue weighted by atomic mass is 19.4. The lowest BCUT2D eigenvalue weighted by Crippen LogP contribution is -2.50. The normalized spacial score (nSPS) is 20.8. The van der Waals surface area contributed by atoms with E-state index in [1.165, 1.54) is 5.56 Å². The van der Waals surface area contributed by atoms with Gasteiger partial charge in [-0.1, -0.05) is 30.3 Å². The van der Waals surface area contributed by atoms with E-state index in [9.17, 15) is 18.0 Å². The number of carboxylic acids is 1. The van der Waals surface area contributed by atoms with Gasteiger partial charge in [0.15, 0.2) is 0 Å². The molecule has 1 aromatic heterocycles. The van der Waals surface area contributed by atoms with Crippen molar-refractivity contribution in [3.63, 3.8) is 0 Å². The van der Waals surface area contributed by atoms with Gasteiger partial charge in [-0.3, -0.25) is 14.4 Å². The number of aliphatic carboxylic acids is 1. The first kappa shape index (κ1) is 22.8. The van der Waals surface area contributed by atoms with Crippen LogP contribution in [0.15, 0.2) is 42.7 Å². The van der Waals surface area contributed by atoms with Gasteiger partial charge in [-0.25, -0.2) is 4.79 Å². The molecule has 2 aromatic rings. The number of benzene rings is 1. The molecule has 2 N–H and O–H groups in total. The standard InChI is InChI=1S/C19H24N4O.C2HF3O2/c1-22-13-15(12-20-22)14-23-9-7-19(8-10-23)11-17(18(24)21-19)16-5-3-2-4-6-16;3-2(4,5)1(6)7/h2-6,12-13,17H,7-11,14H2,1H3,(H,21,24);(H,6,7). The molecule has 168 valence electrons. The smallest absolute Gasteiger partial charge is 0.475 e. The second-order valence-corrected chi connectivity index (χ2v) is 8.04. The minimum Gasteiger partial charge on any atom is -0.475 e. The van der Waals surface area contributed by atoms with Crippen molar-refractivity contribution >= 4 is 11.9 Å². The summed E-state index contributed by atoms with van der Waals surface area (Å²) in [5.74, 6) is -2.55. The van der Waals surface area contributed by atoms with E-state index < -0.39 is 12.1 Å². The third-order valence-corrected chi connectivity index (χ3v) is 5.72. The number of nitrogens with one attached hydrogen (secondary N) is 1. The lowest BCUT2D eigenvalue weighted by Gasteiger charge is -2.39. The zero-order valence-corrected chi connectivity index (χ0v) is 17.1. The highest BCUT2D eigenvalue weighted by Gasteiger charge is 2.46. The zero-order valence-electron chi connectivity index (χ0n) is 17.1. The molecular formula is C21H25F3N4O3. The summed E-state index contributed by atoms with van der Waals surface area (Å²) < 4.78 is 33.6. The van der Waals surface area contributed by atoms with Crippen LogP contribution in [0.25, 0.3) is 0 Å². The van der Waals surface area contributed by atoms with Crippen LogP contribution in [0.3, 0.4) is 0 Å². The number of carbonyl (C=O) groups is 2. The fourth-order valence-corrected chi connectivity index (χ4v) is 4.12. The van der Waals surface area contributed by atoms with Crippen LogP contribution >= 0.6 is 0 Å². The van der Waals surface area contributed by atoms with Gasteiger partial charge in [-0.05, 0) is 24.8 Å². The van der Waals surface area contributed by atoms with E-state index in [4.69, 9.17) is 9.90 Å². The third-order valence-electron chi connectivity index (χ3n) is 5.72. The molecule has 2 saturated heterocycles. The highest BCUT2D eigenvalue weighted by Crippen LogP contribution is 2.39. The lowest BCUT2D eigenvalue weighted by atomic mass is 9.82. The first-order valence-electron chi connectivity index (χ1n) is 9.95. The van der Waals surface area contributed by atoms with Crippen LogP contribution in [0.1, 0.15) is 36.3 Å². The SMILES string of the molecule is Cn1cc(CN2CCC3(CC2)CC(c2ccccc2)C(=O)N3)cn1.O=C(O)C(F)(F)F. The Hall–Kier alpha value is -2.88. The van der Waals surface area contributed by atoms with E-state index in [1.807, 2.05) is 36.1 Å². The molecule has 2 aliphatic heterocycles. The first-order valence-corrected chi connectivity index (χ1v) is 9.95. The van der Waals surface area contributed by atoms with E-state index in [-0.39, 0.29) is 17.4 Å². The number of nitrogens with zero attached hydrogens (tertiary/aromatic N) is 3. The number of carbonyl (C=O) groups excluding carboxylic acids is 1. The summed E-state index contributed by atoms with van der Waals surface area (Å²) >= 11 is 0. The summed E-state index contributed by atoms with van der Waals surface area (Å²) in [5, 5.41) is 14.7. The summed E-state index contributed by atoms with van der Waals surface area (Å²) in [7, 11) is 1.95. The summed E-state index contributed by atoms with van der Waals surface area (Å²) in [4.78, 5) is 23.8. The van der Waals surface area contributed by atoms with Crippen molar-refractivity contribution in [2.75, 3.05) is 13.1 Å².